The lowest BCUT2D eigenvalue weighted by Crippen LogP contribution is -2.15. The minimum absolute atomic E-state index is 0.0562. The van der Waals surface area contributed by atoms with E-state index < -0.39 is 6.09 Å². The number of aliphatic imine (C=N–C) groups is 1. The van der Waals surface area contributed by atoms with E-state index in [0.29, 0.717) is 5.57 Å². The summed E-state index contributed by atoms with van der Waals surface area (Å²) in [6.07, 6.45) is -0.0226. The lowest BCUT2D eigenvalue weighted by Gasteiger charge is -1.96. The number of hydrogen-bond donors (Lipinski definition) is 2. The number of carbonyl (C=O) groups is 1. The summed E-state index contributed by atoms with van der Waals surface area (Å²) in [6, 6.07) is 0. The molecule has 0 spiro atoms. The molecular weight excluding hydrogens is 148 g/mol. The van der Waals surface area contributed by atoms with Crippen LogP contribution in [0.4, 0.5) is 4.79 Å². The van der Waals surface area contributed by atoms with Crippen molar-refractivity contribution in [3.8, 4) is 0 Å². The molecule has 0 fully saturated rings. The largest absolute Gasteiger partial charge is 0.515 e. The molecule has 0 heterocycles. The third kappa shape index (κ3) is 3.24. The summed E-state index contributed by atoms with van der Waals surface area (Å²) in [7, 11) is 1.19. The molecule has 62 valence electrons. The number of aliphatic hydroxyl groups excluding tert-OH is 1. The predicted molar refractivity (Wildman–Crippen MR) is 40.4 cm³/mol. The van der Waals surface area contributed by atoms with Crippen LogP contribution in [0.2, 0.25) is 0 Å². The number of nitrogens with zero attached hydrogens (tertiary/aromatic N) is 1. The SMILES string of the molecule is COC(=O)/N=C(\N)C(C)=CO. The van der Waals surface area contributed by atoms with Gasteiger partial charge in [-0.15, -0.1) is 0 Å². The third-order valence-electron chi connectivity index (χ3n) is 0.984. The van der Waals surface area contributed by atoms with Crippen molar-refractivity contribution in [2.45, 2.75) is 6.92 Å². The van der Waals surface area contributed by atoms with E-state index >= 15 is 0 Å². The van der Waals surface area contributed by atoms with Gasteiger partial charge < -0.3 is 15.6 Å². The highest BCUT2D eigenvalue weighted by molar-refractivity contribution is 6.01. The van der Waals surface area contributed by atoms with Crippen molar-refractivity contribution in [1.82, 2.24) is 0 Å². The van der Waals surface area contributed by atoms with Gasteiger partial charge in [-0.2, -0.15) is 4.99 Å². The number of amides is 1. The zero-order valence-corrected chi connectivity index (χ0v) is 6.37. The zero-order chi connectivity index (χ0) is 8.85. The van der Waals surface area contributed by atoms with Gasteiger partial charge in [-0.25, -0.2) is 4.79 Å². The van der Waals surface area contributed by atoms with Crippen molar-refractivity contribution in [2.24, 2.45) is 10.7 Å². The van der Waals surface area contributed by atoms with Gasteiger partial charge >= 0.3 is 6.09 Å². The van der Waals surface area contributed by atoms with Gasteiger partial charge in [-0.05, 0) is 6.92 Å². The summed E-state index contributed by atoms with van der Waals surface area (Å²) in [5.41, 5.74) is 5.54. The Balaban J connectivity index is 4.34. The number of hydrogen-bond acceptors (Lipinski definition) is 3. The summed E-state index contributed by atoms with van der Waals surface area (Å²) >= 11 is 0. The van der Waals surface area contributed by atoms with Gasteiger partial charge in [-0.1, -0.05) is 0 Å². The van der Waals surface area contributed by atoms with E-state index in [2.05, 4.69) is 9.73 Å². The van der Waals surface area contributed by atoms with Crippen LogP contribution in [0.1, 0.15) is 6.92 Å². The fourth-order valence-electron chi connectivity index (χ4n) is 0.298. The van der Waals surface area contributed by atoms with Crippen molar-refractivity contribution < 1.29 is 14.6 Å². The van der Waals surface area contributed by atoms with E-state index in [1.54, 1.807) is 0 Å². The van der Waals surface area contributed by atoms with Crippen LogP contribution in [0.5, 0.6) is 0 Å². The number of nitrogens with two attached hydrogens (primary N) is 1. The predicted octanol–water partition coefficient (Wildman–Crippen LogP) is 0.572. The van der Waals surface area contributed by atoms with Gasteiger partial charge in [0.2, 0.25) is 0 Å². The maximum Gasteiger partial charge on any atom is 0.435 e. The topological polar surface area (TPSA) is 84.9 Å². The Bertz CT molecular complexity index is 208. The number of aliphatic hydroxyl groups is 1. The quantitative estimate of drug-likeness (QED) is 0.332. The van der Waals surface area contributed by atoms with Gasteiger partial charge in [0.15, 0.2) is 0 Å². The van der Waals surface area contributed by atoms with Crippen LogP contribution in [0.3, 0.4) is 0 Å². The van der Waals surface area contributed by atoms with Crippen LogP contribution in [0.25, 0.3) is 0 Å². The van der Waals surface area contributed by atoms with E-state index in [9.17, 15) is 4.79 Å². The summed E-state index contributed by atoms with van der Waals surface area (Å²) in [5, 5.41) is 8.42. The Kier molecular flexibility index (Phi) is 3.72. The Morgan fingerprint density at radius 3 is 2.64 bits per heavy atom. The molecule has 3 N–H and O–H groups in total. The Morgan fingerprint density at radius 1 is 1.73 bits per heavy atom. The summed E-state index contributed by atoms with van der Waals surface area (Å²) in [5.74, 6) is -0.0562. The van der Waals surface area contributed by atoms with Gasteiger partial charge in [0, 0.05) is 5.57 Å². The van der Waals surface area contributed by atoms with Crippen molar-refractivity contribution in [3.63, 3.8) is 0 Å². The highest BCUT2D eigenvalue weighted by Crippen LogP contribution is 1.91. The monoisotopic (exact) mass is 158 g/mol. The summed E-state index contributed by atoms with van der Waals surface area (Å²) in [4.78, 5) is 13.7. The third-order valence-corrected chi connectivity index (χ3v) is 0.984. The van der Waals surface area contributed by atoms with Crippen LogP contribution in [0, 0.1) is 0 Å². The van der Waals surface area contributed by atoms with E-state index in [1.165, 1.54) is 14.0 Å². The van der Waals surface area contributed by atoms with Crippen molar-refractivity contribution in [1.29, 1.82) is 0 Å². The fourth-order valence-corrected chi connectivity index (χ4v) is 0.298. The fraction of sp³-hybridized carbons (Fsp3) is 0.333. The highest BCUT2D eigenvalue weighted by Gasteiger charge is 1.99. The molecule has 0 aromatic carbocycles. The maximum absolute atomic E-state index is 10.4. The maximum atomic E-state index is 10.4. The highest BCUT2D eigenvalue weighted by atomic mass is 16.5. The smallest absolute Gasteiger partial charge is 0.435 e. The molecule has 0 aliphatic carbocycles. The van der Waals surface area contributed by atoms with Crippen LogP contribution in [-0.4, -0.2) is 24.1 Å². The molecule has 0 unspecified atom stereocenters. The molecule has 0 rings (SSSR count). The molecule has 0 saturated heterocycles. The van der Waals surface area contributed by atoms with Crippen LogP contribution < -0.4 is 5.73 Å². The van der Waals surface area contributed by atoms with Gasteiger partial charge in [0.05, 0.1) is 13.4 Å². The van der Waals surface area contributed by atoms with Crippen LogP contribution in [-0.2, 0) is 4.74 Å². The van der Waals surface area contributed by atoms with Crippen molar-refractivity contribution in [3.05, 3.63) is 11.8 Å². The molecule has 0 saturated carbocycles. The molecule has 0 aliphatic heterocycles. The Hall–Kier alpha value is -1.52. The summed E-state index contributed by atoms with van der Waals surface area (Å²) < 4.78 is 4.20. The van der Waals surface area contributed by atoms with Crippen LogP contribution in [0.15, 0.2) is 16.8 Å². The molecule has 1 amide bonds. The lowest BCUT2D eigenvalue weighted by molar-refractivity contribution is 0.182. The molecule has 11 heavy (non-hydrogen) atoms. The minimum atomic E-state index is -0.788. The van der Waals surface area contributed by atoms with Gasteiger partial charge in [-0.3, -0.25) is 0 Å². The van der Waals surface area contributed by atoms with Gasteiger partial charge in [0.25, 0.3) is 0 Å². The van der Waals surface area contributed by atoms with E-state index in [4.69, 9.17) is 10.8 Å². The first-order chi connectivity index (χ1) is 5.11. The molecular formula is C6H10N2O3. The van der Waals surface area contributed by atoms with Gasteiger partial charge in [0.1, 0.15) is 5.84 Å². The van der Waals surface area contributed by atoms with Crippen molar-refractivity contribution in [2.75, 3.05) is 7.11 Å². The van der Waals surface area contributed by atoms with E-state index in [-0.39, 0.29) is 5.84 Å². The second-order valence-electron chi connectivity index (χ2n) is 1.78. The number of methoxy groups -OCH3 is 1. The Morgan fingerprint density at radius 2 is 2.27 bits per heavy atom. The average Bonchev–Trinajstić information content (AvgIpc) is 2.02. The molecule has 5 heteroatoms. The first kappa shape index (κ1) is 9.48. The second kappa shape index (κ2) is 4.32. The number of ether oxygens (including phenoxy) is 1. The normalized spacial score (nSPS) is 12.9. The molecule has 5 nitrogen and oxygen atoms in total. The second-order valence-corrected chi connectivity index (χ2v) is 1.78. The van der Waals surface area contributed by atoms with E-state index in [1.807, 2.05) is 0 Å². The lowest BCUT2D eigenvalue weighted by atomic mass is 10.3. The number of amidine groups is 1. The standard InChI is InChI=1S/C6H10N2O3/c1-4(3-9)5(7)8-6(10)11-2/h3,9H,1-2H3,(H2,7,8,10). The molecule has 0 radical (unpaired) electrons. The number of rotatable bonds is 1. The number of carbonyl (C=O) groups excluding carboxylic acids is 1. The van der Waals surface area contributed by atoms with Crippen molar-refractivity contribution >= 4 is 11.9 Å². The zero-order valence-electron chi connectivity index (χ0n) is 6.37. The molecule has 0 aliphatic rings. The molecule has 0 aromatic heterocycles. The summed E-state index contributed by atoms with van der Waals surface area (Å²) in [6.45, 7) is 1.52. The molecule has 0 bridgehead atoms. The minimum Gasteiger partial charge on any atom is -0.515 e. The molecule has 0 atom stereocenters. The first-order valence-electron chi connectivity index (χ1n) is 2.85. The van der Waals surface area contributed by atoms with E-state index in [0.717, 1.165) is 6.26 Å². The first-order valence-corrected chi connectivity index (χ1v) is 2.85. The Labute approximate surface area is 64.2 Å². The molecule has 0 aromatic rings. The van der Waals surface area contributed by atoms with Crippen LogP contribution >= 0.6 is 0 Å². The average molecular weight is 158 g/mol.